The summed E-state index contributed by atoms with van der Waals surface area (Å²) in [4.78, 5) is 15.6. The molecule has 6 heteroatoms. The smallest absolute Gasteiger partial charge is 0.258 e. The van der Waals surface area contributed by atoms with Crippen molar-refractivity contribution in [2.24, 2.45) is 0 Å². The minimum absolute atomic E-state index is 0.0611. The van der Waals surface area contributed by atoms with Crippen LogP contribution in [0.1, 0.15) is 57.9 Å². The Bertz CT molecular complexity index is 1170. The van der Waals surface area contributed by atoms with Gasteiger partial charge in [0.2, 0.25) is 0 Å². The zero-order chi connectivity index (χ0) is 21.4. The van der Waals surface area contributed by atoms with Crippen molar-refractivity contribution in [1.82, 2.24) is 14.7 Å². The average Bonchev–Trinajstić information content (AvgIpc) is 3.21. The van der Waals surface area contributed by atoms with Crippen LogP contribution in [0.5, 0.6) is 5.75 Å². The van der Waals surface area contributed by atoms with Crippen molar-refractivity contribution in [3.05, 3.63) is 76.6 Å². The van der Waals surface area contributed by atoms with Crippen LogP contribution in [-0.4, -0.2) is 34.2 Å². The van der Waals surface area contributed by atoms with Crippen molar-refractivity contribution >= 4 is 5.91 Å². The highest BCUT2D eigenvalue weighted by Crippen LogP contribution is 2.42. The summed E-state index contributed by atoms with van der Waals surface area (Å²) in [6.07, 6.45) is 6.04. The normalized spacial score (nSPS) is 15.7. The predicted molar refractivity (Wildman–Crippen MR) is 116 cm³/mol. The Kier molecular flexibility index (Phi) is 4.95. The van der Waals surface area contributed by atoms with Gasteiger partial charge in [-0.2, -0.15) is 10.4 Å². The lowest BCUT2D eigenvalue weighted by molar-refractivity contribution is 0.0728. The molecule has 1 aliphatic carbocycles. The molecular formula is C25H24N4O2. The maximum atomic E-state index is 13.7. The molecule has 31 heavy (non-hydrogen) atoms. The average molecular weight is 412 g/mol. The van der Waals surface area contributed by atoms with E-state index in [9.17, 15) is 10.1 Å². The zero-order valence-electron chi connectivity index (χ0n) is 17.5. The van der Waals surface area contributed by atoms with Crippen LogP contribution in [0.3, 0.4) is 0 Å². The van der Waals surface area contributed by atoms with Gasteiger partial charge in [0.1, 0.15) is 11.8 Å². The van der Waals surface area contributed by atoms with Crippen molar-refractivity contribution in [1.29, 1.82) is 5.26 Å². The van der Waals surface area contributed by atoms with E-state index >= 15 is 0 Å². The summed E-state index contributed by atoms with van der Waals surface area (Å²) in [7, 11) is 1.54. The molecule has 0 spiro atoms. The second-order valence-electron chi connectivity index (χ2n) is 8.21. The molecule has 6 nitrogen and oxygen atoms in total. The van der Waals surface area contributed by atoms with Crippen LogP contribution < -0.4 is 4.74 Å². The third-order valence-corrected chi connectivity index (χ3v) is 6.44. The van der Waals surface area contributed by atoms with Crippen LogP contribution in [0.4, 0.5) is 0 Å². The quantitative estimate of drug-likeness (QED) is 0.643. The monoisotopic (exact) mass is 412 g/mol. The molecule has 0 saturated heterocycles. The molecule has 0 radical (unpaired) electrons. The molecule has 2 aromatic carbocycles. The van der Waals surface area contributed by atoms with E-state index in [0.29, 0.717) is 42.3 Å². The number of carbonyl (C=O) groups excluding carboxylic acids is 1. The Hall–Kier alpha value is -3.59. The maximum absolute atomic E-state index is 13.7. The van der Waals surface area contributed by atoms with E-state index in [1.807, 2.05) is 52.2 Å². The third-order valence-electron chi connectivity index (χ3n) is 6.44. The van der Waals surface area contributed by atoms with Crippen LogP contribution >= 0.6 is 0 Å². The number of nitriles is 1. The number of hydrogen-bond acceptors (Lipinski definition) is 4. The standard InChI is InChI=1S/C25H24N4O2/c1-31-24-18(14-26)10-11-21(17-6-5-7-17)23(24)25(30)28-13-12-22-19(15-28)16-29(27-22)20-8-3-2-4-9-20/h2-4,8-11,16-17H,5-7,12-13,15H2,1H3. The van der Waals surface area contributed by atoms with Crippen molar-refractivity contribution in [3.8, 4) is 17.5 Å². The molecule has 3 aromatic rings. The number of hydrogen-bond donors (Lipinski definition) is 0. The van der Waals surface area contributed by atoms with E-state index in [4.69, 9.17) is 9.84 Å². The lowest BCUT2D eigenvalue weighted by Crippen LogP contribution is -2.37. The first-order chi connectivity index (χ1) is 15.2. The third kappa shape index (κ3) is 3.36. The Labute approximate surface area is 181 Å². The number of amides is 1. The van der Waals surface area contributed by atoms with Gasteiger partial charge in [0.25, 0.3) is 5.91 Å². The summed E-state index contributed by atoms with van der Waals surface area (Å²) in [5, 5.41) is 14.3. The number of para-hydroxylation sites is 1. The minimum atomic E-state index is -0.0611. The molecule has 1 aromatic heterocycles. The summed E-state index contributed by atoms with van der Waals surface area (Å²) in [6.45, 7) is 1.10. The van der Waals surface area contributed by atoms with Crippen molar-refractivity contribution in [2.45, 2.75) is 38.1 Å². The summed E-state index contributed by atoms with van der Waals surface area (Å²) in [5.41, 5.74) is 5.07. The van der Waals surface area contributed by atoms with Gasteiger partial charge in [-0.3, -0.25) is 4.79 Å². The Morgan fingerprint density at radius 3 is 2.68 bits per heavy atom. The maximum Gasteiger partial charge on any atom is 0.258 e. The van der Waals surface area contributed by atoms with Crippen molar-refractivity contribution in [3.63, 3.8) is 0 Å². The van der Waals surface area contributed by atoms with Gasteiger partial charge in [-0.25, -0.2) is 4.68 Å². The number of benzene rings is 2. The molecular weight excluding hydrogens is 388 g/mol. The number of carbonyl (C=O) groups is 1. The van der Waals surface area contributed by atoms with Crippen molar-refractivity contribution < 1.29 is 9.53 Å². The van der Waals surface area contributed by atoms with E-state index < -0.39 is 0 Å². The largest absolute Gasteiger partial charge is 0.495 e. The zero-order valence-corrected chi connectivity index (χ0v) is 17.5. The lowest BCUT2D eigenvalue weighted by Gasteiger charge is -2.32. The molecule has 1 fully saturated rings. The van der Waals surface area contributed by atoms with E-state index in [0.717, 1.165) is 35.3 Å². The number of aromatic nitrogens is 2. The highest BCUT2D eigenvalue weighted by Gasteiger charge is 2.32. The number of rotatable bonds is 4. The highest BCUT2D eigenvalue weighted by atomic mass is 16.5. The summed E-state index contributed by atoms with van der Waals surface area (Å²) in [6, 6.07) is 15.9. The second-order valence-corrected chi connectivity index (χ2v) is 8.21. The van der Waals surface area contributed by atoms with Gasteiger partial charge in [-0.15, -0.1) is 0 Å². The second kappa shape index (κ2) is 7.92. The predicted octanol–water partition coefficient (Wildman–Crippen LogP) is 4.22. The molecule has 2 heterocycles. The topological polar surface area (TPSA) is 71.2 Å². The Balaban J connectivity index is 1.48. The number of methoxy groups -OCH3 is 1. The molecule has 0 bridgehead atoms. The first kappa shape index (κ1) is 19.4. The summed E-state index contributed by atoms with van der Waals surface area (Å²) >= 11 is 0. The van der Waals surface area contributed by atoms with Gasteiger partial charge in [-0.1, -0.05) is 30.7 Å². The first-order valence-corrected chi connectivity index (χ1v) is 10.7. The van der Waals surface area contributed by atoms with E-state index in [1.165, 1.54) is 13.5 Å². The van der Waals surface area contributed by atoms with Gasteiger partial charge < -0.3 is 9.64 Å². The van der Waals surface area contributed by atoms with Crippen LogP contribution in [0.25, 0.3) is 5.69 Å². The lowest BCUT2D eigenvalue weighted by atomic mass is 9.77. The fourth-order valence-electron chi connectivity index (χ4n) is 4.54. The molecule has 1 saturated carbocycles. The molecule has 0 N–H and O–H groups in total. The van der Waals surface area contributed by atoms with Crippen molar-refractivity contribution in [2.75, 3.05) is 13.7 Å². The van der Waals surface area contributed by atoms with Gasteiger partial charge in [0, 0.05) is 31.3 Å². The van der Waals surface area contributed by atoms with E-state index in [2.05, 4.69) is 6.07 Å². The van der Waals surface area contributed by atoms with Gasteiger partial charge in [-0.05, 0) is 42.5 Å². The summed E-state index contributed by atoms with van der Waals surface area (Å²) in [5.74, 6) is 0.707. The molecule has 156 valence electrons. The molecule has 0 atom stereocenters. The fraction of sp³-hybridized carbons (Fsp3) is 0.320. The van der Waals surface area contributed by atoms with Crippen LogP contribution in [0.15, 0.2) is 48.7 Å². The fourth-order valence-corrected chi connectivity index (χ4v) is 4.54. The molecule has 1 aliphatic heterocycles. The highest BCUT2D eigenvalue weighted by molar-refractivity contribution is 5.99. The van der Waals surface area contributed by atoms with E-state index in [1.54, 1.807) is 6.07 Å². The number of nitrogens with zero attached hydrogens (tertiary/aromatic N) is 4. The van der Waals surface area contributed by atoms with Gasteiger partial charge >= 0.3 is 0 Å². The SMILES string of the molecule is COc1c(C#N)ccc(C2CCC2)c1C(=O)N1CCc2nn(-c3ccccc3)cc2C1. The number of ether oxygens (including phenoxy) is 1. The van der Waals surface area contributed by atoms with Crippen LogP contribution in [0.2, 0.25) is 0 Å². The van der Waals surface area contributed by atoms with Gasteiger partial charge in [0.15, 0.2) is 0 Å². The first-order valence-electron chi connectivity index (χ1n) is 10.7. The van der Waals surface area contributed by atoms with Crippen LogP contribution in [-0.2, 0) is 13.0 Å². The Morgan fingerprint density at radius 1 is 1.19 bits per heavy atom. The molecule has 1 amide bonds. The number of fused-ring (bicyclic) bond motifs is 1. The Morgan fingerprint density at radius 2 is 2.00 bits per heavy atom. The molecule has 2 aliphatic rings. The van der Waals surface area contributed by atoms with Gasteiger partial charge in [0.05, 0.1) is 29.6 Å². The molecule has 5 rings (SSSR count). The van der Waals surface area contributed by atoms with E-state index in [-0.39, 0.29) is 5.91 Å². The molecule has 0 unspecified atom stereocenters. The minimum Gasteiger partial charge on any atom is -0.495 e. The summed E-state index contributed by atoms with van der Waals surface area (Å²) < 4.78 is 7.47. The van der Waals surface area contributed by atoms with Crippen LogP contribution in [0, 0.1) is 11.3 Å².